The Hall–Kier alpha value is -1.45. The summed E-state index contributed by atoms with van der Waals surface area (Å²) in [6, 6.07) is 2.90. The molecule has 3 nitrogen and oxygen atoms in total. The van der Waals surface area contributed by atoms with Crippen molar-refractivity contribution in [3.8, 4) is 0 Å². The number of rotatable bonds is 5. The molecule has 1 amide bonds. The number of nitrogens with one attached hydrogen (secondary N) is 1. The molecular weight excluding hydrogens is 219 g/mol. The zero-order valence-electron chi connectivity index (χ0n) is 9.95. The van der Waals surface area contributed by atoms with E-state index in [9.17, 15) is 9.18 Å². The smallest absolute Gasteiger partial charge is 0.251 e. The minimum atomic E-state index is -0.618. The number of halogens is 1. The van der Waals surface area contributed by atoms with Gasteiger partial charge in [-0.1, -0.05) is 19.8 Å². The Labute approximate surface area is 100 Å². The number of aromatic nitrogens is 1. The summed E-state index contributed by atoms with van der Waals surface area (Å²) in [5.41, 5.74) is 0.340. The largest absolute Gasteiger partial charge is 0.349 e. The molecule has 0 saturated heterocycles. The summed E-state index contributed by atoms with van der Waals surface area (Å²) < 4.78 is 12.9. The van der Waals surface area contributed by atoms with Crippen molar-refractivity contribution in [2.24, 2.45) is 5.92 Å². The quantitative estimate of drug-likeness (QED) is 0.798. The van der Waals surface area contributed by atoms with Crippen LogP contribution in [0.5, 0.6) is 0 Å². The van der Waals surface area contributed by atoms with Crippen molar-refractivity contribution in [2.45, 2.75) is 38.6 Å². The first-order valence-electron chi connectivity index (χ1n) is 6.11. The van der Waals surface area contributed by atoms with Crippen LogP contribution in [-0.2, 0) is 0 Å². The summed E-state index contributed by atoms with van der Waals surface area (Å²) in [6.07, 6.45) is 5.81. The van der Waals surface area contributed by atoms with E-state index in [4.69, 9.17) is 0 Å². The van der Waals surface area contributed by atoms with E-state index in [1.165, 1.54) is 31.2 Å². The van der Waals surface area contributed by atoms with Crippen molar-refractivity contribution < 1.29 is 9.18 Å². The first kappa shape index (κ1) is 12.0. The Bertz CT molecular complexity index is 404. The molecule has 0 spiro atoms. The van der Waals surface area contributed by atoms with Crippen LogP contribution in [0.25, 0.3) is 0 Å². The summed E-state index contributed by atoms with van der Waals surface area (Å²) in [4.78, 5) is 15.3. The van der Waals surface area contributed by atoms with Crippen LogP contribution in [0, 0.1) is 11.9 Å². The van der Waals surface area contributed by atoms with E-state index in [-0.39, 0.29) is 11.9 Å². The Morgan fingerprint density at radius 2 is 2.41 bits per heavy atom. The van der Waals surface area contributed by atoms with Gasteiger partial charge in [-0.05, 0) is 24.8 Å². The van der Waals surface area contributed by atoms with Gasteiger partial charge in [0.15, 0.2) is 0 Å². The third kappa shape index (κ3) is 3.51. The van der Waals surface area contributed by atoms with Gasteiger partial charge in [-0.3, -0.25) is 4.79 Å². The van der Waals surface area contributed by atoms with Crippen LogP contribution in [0.4, 0.5) is 4.39 Å². The highest BCUT2D eigenvalue weighted by molar-refractivity contribution is 5.94. The molecule has 1 aliphatic rings. The van der Waals surface area contributed by atoms with E-state index in [0.717, 1.165) is 18.8 Å². The van der Waals surface area contributed by atoms with Crippen molar-refractivity contribution in [1.82, 2.24) is 10.3 Å². The zero-order chi connectivity index (χ0) is 12.3. The van der Waals surface area contributed by atoms with E-state index < -0.39 is 5.95 Å². The lowest BCUT2D eigenvalue weighted by molar-refractivity contribution is 0.0932. The van der Waals surface area contributed by atoms with Gasteiger partial charge in [-0.25, -0.2) is 4.98 Å². The minimum Gasteiger partial charge on any atom is -0.349 e. The topological polar surface area (TPSA) is 42.0 Å². The van der Waals surface area contributed by atoms with Crippen LogP contribution in [0.1, 0.15) is 43.0 Å². The first-order valence-corrected chi connectivity index (χ1v) is 6.11. The fraction of sp³-hybridized carbons (Fsp3) is 0.538. The van der Waals surface area contributed by atoms with Gasteiger partial charge in [-0.2, -0.15) is 4.39 Å². The molecule has 0 aliphatic heterocycles. The van der Waals surface area contributed by atoms with E-state index in [2.05, 4.69) is 17.2 Å². The molecule has 0 bridgehead atoms. The van der Waals surface area contributed by atoms with Crippen molar-refractivity contribution >= 4 is 5.91 Å². The molecule has 1 atom stereocenters. The van der Waals surface area contributed by atoms with Gasteiger partial charge in [0.25, 0.3) is 5.91 Å². The third-order valence-electron chi connectivity index (χ3n) is 3.13. The predicted molar refractivity (Wildman–Crippen MR) is 63.1 cm³/mol. The second-order valence-corrected chi connectivity index (χ2v) is 4.62. The molecule has 0 radical (unpaired) electrons. The predicted octanol–water partition coefficient (Wildman–Crippen LogP) is 2.53. The molecule has 1 fully saturated rings. The molecule has 1 aliphatic carbocycles. The normalized spacial score (nSPS) is 16.6. The van der Waals surface area contributed by atoms with Crippen LogP contribution in [0.15, 0.2) is 18.3 Å². The van der Waals surface area contributed by atoms with Gasteiger partial charge in [0.1, 0.15) is 0 Å². The van der Waals surface area contributed by atoms with Crippen LogP contribution in [-0.4, -0.2) is 16.9 Å². The lowest BCUT2D eigenvalue weighted by Gasteiger charge is -2.16. The fourth-order valence-electron chi connectivity index (χ4n) is 1.90. The van der Waals surface area contributed by atoms with E-state index >= 15 is 0 Å². The van der Waals surface area contributed by atoms with E-state index in [1.54, 1.807) is 0 Å². The zero-order valence-corrected chi connectivity index (χ0v) is 9.95. The van der Waals surface area contributed by atoms with Crippen LogP contribution in [0.2, 0.25) is 0 Å². The molecule has 2 rings (SSSR count). The molecule has 92 valence electrons. The van der Waals surface area contributed by atoms with Gasteiger partial charge in [-0.15, -0.1) is 0 Å². The molecule has 0 aromatic carbocycles. The van der Waals surface area contributed by atoms with E-state index in [0.29, 0.717) is 5.56 Å². The Morgan fingerprint density at radius 3 is 3.00 bits per heavy atom. The molecule has 1 heterocycles. The number of carbonyl (C=O) groups excluding carboxylic acids is 1. The maximum atomic E-state index is 12.9. The van der Waals surface area contributed by atoms with Gasteiger partial charge < -0.3 is 5.32 Å². The summed E-state index contributed by atoms with van der Waals surface area (Å²) >= 11 is 0. The summed E-state index contributed by atoms with van der Waals surface area (Å²) in [6.45, 7) is 2.06. The lowest BCUT2D eigenvalue weighted by atomic mass is 10.1. The highest BCUT2D eigenvalue weighted by Gasteiger charge is 2.25. The third-order valence-corrected chi connectivity index (χ3v) is 3.13. The maximum Gasteiger partial charge on any atom is 0.251 e. The molecular formula is C13H17FN2O. The van der Waals surface area contributed by atoms with Crippen LogP contribution >= 0.6 is 0 Å². The number of hydrogen-bond acceptors (Lipinski definition) is 2. The highest BCUT2D eigenvalue weighted by Crippen LogP contribution is 2.34. The average Bonchev–Trinajstić information content (AvgIpc) is 3.12. The molecule has 0 unspecified atom stereocenters. The molecule has 17 heavy (non-hydrogen) atoms. The molecule has 1 aromatic rings. The lowest BCUT2D eigenvalue weighted by Crippen LogP contribution is -2.34. The number of hydrogen-bond donors (Lipinski definition) is 1. The Morgan fingerprint density at radius 1 is 1.65 bits per heavy atom. The number of nitrogens with zero attached hydrogens (tertiary/aromatic N) is 1. The highest BCUT2D eigenvalue weighted by atomic mass is 19.1. The maximum absolute atomic E-state index is 12.9. The fourth-order valence-corrected chi connectivity index (χ4v) is 1.90. The summed E-state index contributed by atoms with van der Waals surface area (Å²) in [5.74, 6) is -0.0545. The summed E-state index contributed by atoms with van der Waals surface area (Å²) in [5, 5.41) is 2.95. The first-order chi connectivity index (χ1) is 8.19. The van der Waals surface area contributed by atoms with Crippen molar-refractivity contribution in [3.63, 3.8) is 0 Å². The van der Waals surface area contributed by atoms with Crippen LogP contribution < -0.4 is 5.32 Å². The van der Waals surface area contributed by atoms with Crippen LogP contribution in [0.3, 0.4) is 0 Å². The number of carbonyl (C=O) groups is 1. The second-order valence-electron chi connectivity index (χ2n) is 4.62. The molecule has 1 aromatic heterocycles. The summed E-state index contributed by atoms with van der Waals surface area (Å²) in [7, 11) is 0. The molecule has 1 N–H and O–H groups in total. The standard InChI is InChI=1S/C13H17FN2O/c1-2-11(7-9-3-4-9)16-13(17)10-5-6-15-12(14)8-10/h5-6,8-9,11H,2-4,7H2,1H3,(H,16,17)/t11-/m1/s1. The van der Waals surface area contributed by atoms with Crippen molar-refractivity contribution in [2.75, 3.05) is 0 Å². The van der Waals surface area contributed by atoms with Gasteiger partial charge in [0.2, 0.25) is 5.95 Å². The number of amides is 1. The monoisotopic (exact) mass is 236 g/mol. The van der Waals surface area contributed by atoms with Gasteiger partial charge in [0, 0.05) is 23.9 Å². The molecule has 4 heteroatoms. The second kappa shape index (κ2) is 5.25. The SMILES string of the molecule is CC[C@H](CC1CC1)NC(=O)c1ccnc(F)c1. The number of pyridine rings is 1. The van der Waals surface area contributed by atoms with Gasteiger partial charge >= 0.3 is 0 Å². The Kier molecular flexibility index (Phi) is 3.71. The minimum absolute atomic E-state index is 0.200. The van der Waals surface area contributed by atoms with Crippen molar-refractivity contribution in [3.05, 3.63) is 29.8 Å². The Balaban J connectivity index is 1.94. The van der Waals surface area contributed by atoms with Crippen molar-refractivity contribution in [1.29, 1.82) is 0 Å². The van der Waals surface area contributed by atoms with E-state index in [1.807, 2.05) is 0 Å². The molecule has 1 saturated carbocycles. The van der Waals surface area contributed by atoms with Gasteiger partial charge in [0.05, 0.1) is 0 Å². The average molecular weight is 236 g/mol.